The van der Waals surface area contributed by atoms with Crippen LogP contribution in [-0.2, 0) is 0 Å². The summed E-state index contributed by atoms with van der Waals surface area (Å²) < 4.78 is 1.71. The van der Waals surface area contributed by atoms with Gasteiger partial charge < -0.3 is 14.8 Å². The van der Waals surface area contributed by atoms with Crippen LogP contribution in [0, 0.1) is 0 Å². The normalized spacial score (nSPS) is 16.1. The Kier molecular flexibility index (Phi) is 3.34. The van der Waals surface area contributed by atoms with Gasteiger partial charge in [-0.15, -0.1) is 0 Å². The van der Waals surface area contributed by atoms with Gasteiger partial charge in [-0.2, -0.15) is 5.10 Å². The fourth-order valence-electron chi connectivity index (χ4n) is 2.93. The molecule has 0 radical (unpaired) electrons. The highest BCUT2D eigenvalue weighted by molar-refractivity contribution is 5.75. The lowest BCUT2D eigenvalue weighted by Crippen LogP contribution is -2.44. The number of hydrogen-bond acceptors (Lipinski definition) is 5. The van der Waals surface area contributed by atoms with Crippen LogP contribution in [0.4, 0.5) is 5.69 Å². The SMILES string of the molecule is CN1CCN(c2cccc(-n3ncc4c(=O)[nH]cnc43)c2)CC1. The standard InChI is InChI=1S/C16H18N6O/c1-20-5-7-21(8-6-20)12-3-2-4-13(9-12)22-15-14(10-19-22)16(23)18-11-17-15/h2-4,9-11H,5-8H2,1H3,(H,17,18,23). The minimum Gasteiger partial charge on any atom is -0.369 e. The summed E-state index contributed by atoms with van der Waals surface area (Å²) in [6.45, 7) is 4.15. The highest BCUT2D eigenvalue weighted by atomic mass is 16.1. The van der Waals surface area contributed by atoms with Crippen LogP contribution in [0.5, 0.6) is 0 Å². The molecule has 1 aliphatic rings. The van der Waals surface area contributed by atoms with Gasteiger partial charge in [0.1, 0.15) is 5.39 Å². The molecule has 0 unspecified atom stereocenters. The molecule has 2 aromatic heterocycles. The molecule has 1 aliphatic heterocycles. The minimum absolute atomic E-state index is 0.170. The number of anilines is 1. The van der Waals surface area contributed by atoms with E-state index in [1.807, 2.05) is 12.1 Å². The van der Waals surface area contributed by atoms with E-state index < -0.39 is 0 Å². The fourth-order valence-corrected chi connectivity index (χ4v) is 2.93. The Morgan fingerprint density at radius 1 is 1.13 bits per heavy atom. The Labute approximate surface area is 133 Å². The van der Waals surface area contributed by atoms with Gasteiger partial charge in [-0.3, -0.25) is 4.79 Å². The van der Waals surface area contributed by atoms with Crippen LogP contribution in [0.2, 0.25) is 0 Å². The number of nitrogens with one attached hydrogen (secondary N) is 1. The first-order chi connectivity index (χ1) is 11.2. The maximum atomic E-state index is 11.8. The van der Waals surface area contributed by atoms with Crippen LogP contribution in [0.15, 0.2) is 41.6 Å². The van der Waals surface area contributed by atoms with Crippen molar-refractivity contribution in [3.05, 3.63) is 47.1 Å². The first kappa shape index (κ1) is 14.0. The van der Waals surface area contributed by atoms with Gasteiger partial charge in [0.2, 0.25) is 0 Å². The van der Waals surface area contributed by atoms with Crippen LogP contribution >= 0.6 is 0 Å². The molecule has 7 nitrogen and oxygen atoms in total. The number of rotatable bonds is 2. The van der Waals surface area contributed by atoms with Crippen molar-refractivity contribution in [2.45, 2.75) is 0 Å². The summed E-state index contributed by atoms with van der Waals surface area (Å²) in [7, 11) is 2.15. The molecule has 0 atom stereocenters. The monoisotopic (exact) mass is 310 g/mol. The van der Waals surface area contributed by atoms with Crippen LogP contribution in [0.3, 0.4) is 0 Å². The molecule has 3 heterocycles. The molecule has 0 bridgehead atoms. The molecule has 0 spiro atoms. The number of piperazine rings is 1. The summed E-state index contributed by atoms with van der Waals surface area (Å²) in [5.74, 6) is 0. The van der Waals surface area contributed by atoms with Crippen LogP contribution in [0.1, 0.15) is 0 Å². The highest BCUT2D eigenvalue weighted by Gasteiger charge is 2.15. The zero-order valence-corrected chi connectivity index (χ0v) is 12.9. The molecule has 1 fully saturated rings. The average Bonchev–Trinajstić information content (AvgIpc) is 3.01. The number of nitrogens with zero attached hydrogens (tertiary/aromatic N) is 5. The second-order valence-corrected chi connectivity index (χ2v) is 5.84. The van der Waals surface area contributed by atoms with E-state index in [0.29, 0.717) is 11.0 Å². The number of likely N-dealkylation sites (N-methyl/N-ethyl adjacent to an activating group) is 1. The predicted octanol–water partition coefficient (Wildman–Crippen LogP) is 0.861. The van der Waals surface area contributed by atoms with Gasteiger partial charge in [-0.1, -0.05) is 6.07 Å². The summed E-state index contributed by atoms with van der Waals surface area (Å²) in [4.78, 5) is 23.3. The first-order valence-corrected chi connectivity index (χ1v) is 7.68. The van der Waals surface area contributed by atoms with Crippen molar-refractivity contribution in [2.75, 3.05) is 38.1 Å². The van der Waals surface area contributed by atoms with Gasteiger partial charge in [0, 0.05) is 31.9 Å². The number of aromatic amines is 1. The lowest BCUT2D eigenvalue weighted by atomic mass is 10.2. The summed E-state index contributed by atoms with van der Waals surface area (Å²) in [5.41, 5.74) is 2.49. The van der Waals surface area contributed by atoms with Crippen molar-refractivity contribution in [1.29, 1.82) is 0 Å². The predicted molar refractivity (Wildman–Crippen MR) is 89.2 cm³/mol. The molecule has 118 valence electrons. The zero-order valence-electron chi connectivity index (χ0n) is 12.9. The van der Waals surface area contributed by atoms with E-state index in [1.54, 1.807) is 10.9 Å². The van der Waals surface area contributed by atoms with Crippen molar-refractivity contribution in [3.8, 4) is 5.69 Å². The van der Waals surface area contributed by atoms with Gasteiger partial charge in [0.05, 0.1) is 18.2 Å². The minimum atomic E-state index is -0.170. The number of hydrogen-bond donors (Lipinski definition) is 1. The Bertz CT molecular complexity index is 891. The molecule has 4 rings (SSSR count). The van der Waals surface area contributed by atoms with Gasteiger partial charge >= 0.3 is 0 Å². The maximum Gasteiger partial charge on any atom is 0.261 e. The van der Waals surface area contributed by atoms with E-state index in [1.165, 1.54) is 12.0 Å². The molecule has 1 aromatic carbocycles. The molecule has 23 heavy (non-hydrogen) atoms. The van der Waals surface area contributed by atoms with Crippen molar-refractivity contribution in [2.24, 2.45) is 0 Å². The van der Waals surface area contributed by atoms with Gasteiger partial charge in [-0.05, 0) is 25.2 Å². The molecule has 1 N–H and O–H groups in total. The van der Waals surface area contributed by atoms with E-state index in [2.05, 4.69) is 44.0 Å². The van der Waals surface area contributed by atoms with E-state index in [0.717, 1.165) is 31.9 Å². The summed E-state index contributed by atoms with van der Waals surface area (Å²) >= 11 is 0. The van der Waals surface area contributed by atoms with Crippen molar-refractivity contribution in [3.63, 3.8) is 0 Å². The number of benzene rings is 1. The zero-order chi connectivity index (χ0) is 15.8. The number of aromatic nitrogens is 4. The third-order valence-corrected chi connectivity index (χ3v) is 4.31. The van der Waals surface area contributed by atoms with E-state index >= 15 is 0 Å². The van der Waals surface area contributed by atoms with Crippen LogP contribution < -0.4 is 10.5 Å². The summed E-state index contributed by atoms with van der Waals surface area (Å²) in [6, 6.07) is 8.21. The molecular formula is C16H18N6O. The highest BCUT2D eigenvalue weighted by Crippen LogP contribution is 2.21. The van der Waals surface area contributed by atoms with Crippen molar-refractivity contribution >= 4 is 16.7 Å². The van der Waals surface area contributed by atoms with Crippen LogP contribution in [0.25, 0.3) is 16.7 Å². The molecule has 0 amide bonds. The Morgan fingerprint density at radius 2 is 1.91 bits per heavy atom. The van der Waals surface area contributed by atoms with E-state index in [9.17, 15) is 4.79 Å². The second-order valence-electron chi connectivity index (χ2n) is 5.84. The second kappa shape index (κ2) is 5.51. The van der Waals surface area contributed by atoms with Crippen molar-refractivity contribution in [1.82, 2.24) is 24.6 Å². The smallest absolute Gasteiger partial charge is 0.261 e. The summed E-state index contributed by atoms with van der Waals surface area (Å²) in [5, 5.41) is 4.83. The fraction of sp³-hybridized carbons (Fsp3) is 0.312. The third kappa shape index (κ3) is 2.49. The quantitative estimate of drug-likeness (QED) is 0.760. The Hall–Kier alpha value is -2.67. The molecule has 1 saturated heterocycles. The average molecular weight is 310 g/mol. The first-order valence-electron chi connectivity index (χ1n) is 7.68. The van der Waals surface area contributed by atoms with Gasteiger partial charge in [0.15, 0.2) is 5.65 Å². The largest absolute Gasteiger partial charge is 0.369 e. The maximum absolute atomic E-state index is 11.8. The van der Waals surface area contributed by atoms with Gasteiger partial charge in [0.25, 0.3) is 5.56 Å². The number of H-pyrrole nitrogens is 1. The Morgan fingerprint density at radius 3 is 2.74 bits per heavy atom. The van der Waals surface area contributed by atoms with Crippen molar-refractivity contribution < 1.29 is 0 Å². The molecule has 0 saturated carbocycles. The molecular weight excluding hydrogens is 292 g/mol. The molecule has 7 heteroatoms. The topological polar surface area (TPSA) is 70.1 Å². The Balaban J connectivity index is 1.73. The van der Waals surface area contributed by atoms with E-state index in [4.69, 9.17) is 0 Å². The molecule has 0 aliphatic carbocycles. The third-order valence-electron chi connectivity index (χ3n) is 4.31. The number of fused-ring (bicyclic) bond motifs is 1. The summed E-state index contributed by atoms with van der Waals surface area (Å²) in [6.07, 6.45) is 2.97. The lowest BCUT2D eigenvalue weighted by Gasteiger charge is -2.34. The lowest BCUT2D eigenvalue weighted by molar-refractivity contribution is 0.313. The van der Waals surface area contributed by atoms with Gasteiger partial charge in [-0.25, -0.2) is 9.67 Å². The van der Waals surface area contributed by atoms with E-state index in [-0.39, 0.29) is 5.56 Å². The molecule has 3 aromatic rings. The van der Waals surface area contributed by atoms with Crippen LogP contribution in [-0.4, -0.2) is 57.9 Å².